The summed E-state index contributed by atoms with van der Waals surface area (Å²) in [6.07, 6.45) is 0.518. The van der Waals surface area contributed by atoms with Crippen LogP contribution in [0.1, 0.15) is 41.0 Å². The Balaban J connectivity index is 4.56. The zero-order chi connectivity index (χ0) is 10.2. The predicted molar refractivity (Wildman–Crippen MR) is 50.2 cm³/mol. The SMILES string of the molecule is CC(C)(C)CC(C)(C)P(=O)(O)O. The van der Waals surface area contributed by atoms with E-state index in [9.17, 15) is 4.57 Å². The van der Waals surface area contributed by atoms with E-state index in [1.165, 1.54) is 0 Å². The molecule has 0 radical (unpaired) electrons. The summed E-state index contributed by atoms with van der Waals surface area (Å²) in [6, 6.07) is 0. The van der Waals surface area contributed by atoms with Crippen LogP contribution in [-0.2, 0) is 4.57 Å². The molecule has 0 aliphatic rings. The van der Waals surface area contributed by atoms with Crippen molar-refractivity contribution < 1.29 is 14.4 Å². The third kappa shape index (κ3) is 3.70. The zero-order valence-electron chi connectivity index (χ0n) is 8.46. The van der Waals surface area contributed by atoms with Crippen molar-refractivity contribution in [2.75, 3.05) is 0 Å². The summed E-state index contributed by atoms with van der Waals surface area (Å²) >= 11 is 0. The lowest BCUT2D eigenvalue weighted by Gasteiger charge is -2.32. The molecular formula is C8H19O3P. The molecule has 74 valence electrons. The molecule has 12 heavy (non-hydrogen) atoms. The van der Waals surface area contributed by atoms with Gasteiger partial charge in [0, 0.05) is 0 Å². The van der Waals surface area contributed by atoms with Crippen LogP contribution < -0.4 is 0 Å². The number of hydrogen-bond acceptors (Lipinski definition) is 1. The van der Waals surface area contributed by atoms with Gasteiger partial charge in [-0.25, -0.2) is 0 Å². The Morgan fingerprint density at radius 1 is 1.08 bits per heavy atom. The van der Waals surface area contributed by atoms with E-state index >= 15 is 0 Å². The van der Waals surface area contributed by atoms with E-state index in [0.717, 1.165) is 0 Å². The van der Waals surface area contributed by atoms with Crippen LogP contribution in [0.2, 0.25) is 0 Å². The summed E-state index contributed by atoms with van der Waals surface area (Å²) in [5, 5.41) is -0.911. The van der Waals surface area contributed by atoms with Gasteiger partial charge in [-0.3, -0.25) is 4.57 Å². The molecule has 0 atom stereocenters. The molecule has 0 spiro atoms. The molecule has 0 aliphatic carbocycles. The topological polar surface area (TPSA) is 57.5 Å². The highest BCUT2D eigenvalue weighted by Gasteiger charge is 2.40. The highest BCUT2D eigenvalue weighted by atomic mass is 31.2. The third-order valence-electron chi connectivity index (χ3n) is 1.75. The Morgan fingerprint density at radius 3 is 1.50 bits per heavy atom. The molecule has 0 heterocycles. The monoisotopic (exact) mass is 194 g/mol. The van der Waals surface area contributed by atoms with Crippen LogP contribution in [0.25, 0.3) is 0 Å². The van der Waals surface area contributed by atoms with Crippen LogP contribution >= 0.6 is 7.60 Å². The van der Waals surface area contributed by atoms with E-state index in [2.05, 4.69) is 0 Å². The first-order valence-corrected chi connectivity index (χ1v) is 5.63. The first-order valence-electron chi connectivity index (χ1n) is 4.01. The van der Waals surface area contributed by atoms with Gasteiger partial charge in [0.05, 0.1) is 5.16 Å². The van der Waals surface area contributed by atoms with Crippen molar-refractivity contribution in [2.45, 2.75) is 46.2 Å². The smallest absolute Gasteiger partial charge is 0.324 e. The molecule has 2 N–H and O–H groups in total. The lowest BCUT2D eigenvalue weighted by atomic mass is 9.86. The quantitative estimate of drug-likeness (QED) is 0.663. The summed E-state index contributed by atoms with van der Waals surface area (Å²) in [4.78, 5) is 18.0. The molecule has 0 rings (SSSR count). The van der Waals surface area contributed by atoms with Gasteiger partial charge in [-0.1, -0.05) is 20.8 Å². The summed E-state index contributed by atoms with van der Waals surface area (Å²) in [5.41, 5.74) is -0.0510. The molecule has 0 aromatic rings. The second-order valence-corrected chi connectivity index (χ2v) is 7.39. The minimum Gasteiger partial charge on any atom is -0.324 e. The van der Waals surface area contributed by atoms with Crippen LogP contribution in [0.15, 0.2) is 0 Å². The highest BCUT2D eigenvalue weighted by Crippen LogP contribution is 2.54. The average molecular weight is 194 g/mol. The van der Waals surface area contributed by atoms with Gasteiger partial charge in [0.25, 0.3) is 0 Å². The Labute approximate surface area is 74.3 Å². The van der Waals surface area contributed by atoms with Crippen molar-refractivity contribution in [3.05, 3.63) is 0 Å². The standard InChI is InChI=1S/C8H19O3P/c1-7(2,3)6-8(4,5)12(9,10)11/h6H2,1-5H3,(H2,9,10,11). The first-order chi connectivity index (χ1) is 4.96. The van der Waals surface area contributed by atoms with Crippen molar-refractivity contribution in [2.24, 2.45) is 5.41 Å². The van der Waals surface area contributed by atoms with Crippen molar-refractivity contribution in [3.8, 4) is 0 Å². The van der Waals surface area contributed by atoms with Gasteiger partial charge in [-0.2, -0.15) is 0 Å². The van der Waals surface area contributed by atoms with Gasteiger partial charge in [-0.15, -0.1) is 0 Å². The van der Waals surface area contributed by atoms with Gasteiger partial charge in [0.2, 0.25) is 0 Å². The van der Waals surface area contributed by atoms with Gasteiger partial charge >= 0.3 is 7.60 Å². The van der Waals surface area contributed by atoms with E-state index in [1.807, 2.05) is 20.8 Å². The maximum Gasteiger partial charge on any atom is 0.331 e. The van der Waals surface area contributed by atoms with Crippen LogP contribution in [0.5, 0.6) is 0 Å². The van der Waals surface area contributed by atoms with E-state index in [1.54, 1.807) is 13.8 Å². The summed E-state index contributed by atoms with van der Waals surface area (Å²) in [5.74, 6) is 0. The van der Waals surface area contributed by atoms with Gasteiger partial charge < -0.3 is 9.79 Å². The van der Waals surface area contributed by atoms with Crippen LogP contribution in [-0.4, -0.2) is 14.9 Å². The molecule has 4 heteroatoms. The van der Waals surface area contributed by atoms with Crippen molar-refractivity contribution in [3.63, 3.8) is 0 Å². The van der Waals surface area contributed by atoms with E-state index < -0.39 is 12.8 Å². The fourth-order valence-corrected chi connectivity index (χ4v) is 2.08. The van der Waals surface area contributed by atoms with E-state index in [0.29, 0.717) is 6.42 Å². The normalized spacial score (nSPS) is 14.9. The lowest BCUT2D eigenvalue weighted by Crippen LogP contribution is -2.26. The fourth-order valence-electron chi connectivity index (χ4n) is 1.40. The largest absolute Gasteiger partial charge is 0.331 e. The molecule has 3 nitrogen and oxygen atoms in total. The summed E-state index contributed by atoms with van der Waals surface area (Å²) in [7, 11) is -3.97. The van der Waals surface area contributed by atoms with Crippen molar-refractivity contribution in [1.82, 2.24) is 0 Å². The van der Waals surface area contributed by atoms with E-state index in [4.69, 9.17) is 9.79 Å². The second-order valence-electron chi connectivity index (χ2n) is 5.09. The van der Waals surface area contributed by atoms with Gasteiger partial charge in [0.1, 0.15) is 0 Å². The first kappa shape index (κ1) is 12.2. The Bertz CT molecular complexity index is 197. The Kier molecular flexibility index (Phi) is 3.17. The molecule has 0 aromatic heterocycles. The average Bonchev–Trinajstić information content (AvgIpc) is 1.52. The number of rotatable bonds is 2. The molecule has 0 saturated heterocycles. The Morgan fingerprint density at radius 2 is 1.42 bits per heavy atom. The molecule has 0 bridgehead atoms. The molecule has 0 amide bonds. The van der Waals surface area contributed by atoms with E-state index in [-0.39, 0.29) is 5.41 Å². The summed E-state index contributed by atoms with van der Waals surface area (Å²) < 4.78 is 11.0. The molecule has 0 fully saturated rings. The minimum absolute atomic E-state index is 0.0510. The Hall–Kier alpha value is 0.150. The van der Waals surface area contributed by atoms with Gasteiger partial charge in [-0.05, 0) is 25.7 Å². The van der Waals surface area contributed by atoms with Crippen molar-refractivity contribution in [1.29, 1.82) is 0 Å². The van der Waals surface area contributed by atoms with Crippen LogP contribution in [0.4, 0.5) is 0 Å². The molecular weight excluding hydrogens is 175 g/mol. The van der Waals surface area contributed by atoms with Gasteiger partial charge in [0.15, 0.2) is 0 Å². The molecule has 0 aliphatic heterocycles. The number of hydrogen-bond donors (Lipinski definition) is 2. The maximum absolute atomic E-state index is 11.0. The highest BCUT2D eigenvalue weighted by molar-refractivity contribution is 7.53. The summed E-state index contributed by atoms with van der Waals surface area (Å²) in [6.45, 7) is 9.15. The molecule has 0 aromatic carbocycles. The molecule has 0 saturated carbocycles. The fraction of sp³-hybridized carbons (Fsp3) is 1.00. The van der Waals surface area contributed by atoms with Crippen LogP contribution in [0, 0.1) is 5.41 Å². The second kappa shape index (κ2) is 3.13. The van der Waals surface area contributed by atoms with Crippen molar-refractivity contribution >= 4 is 7.60 Å². The maximum atomic E-state index is 11.0. The zero-order valence-corrected chi connectivity index (χ0v) is 9.35. The third-order valence-corrected chi connectivity index (χ3v) is 3.49. The van der Waals surface area contributed by atoms with Crippen LogP contribution in [0.3, 0.4) is 0 Å². The molecule has 0 unspecified atom stereocenters. The predicted octanol–water partition coefficient (Wildman–Crippen LogP) is 2.38. The lowest BCUT2D eigenvalue weighted by molar-refractivity contribution is 0.275. The minimum atomic E-state index is -3.97.